The van der Waals surface area contributed by atoms with Gasteiger partial charge in [0.05, 0.1) is 39.9 Å². The second-order valence-corrected chi connectivity index (χ2v) is 25.3. The van der Waals surface area contributed by atoms with Crippen molar-refractivity contribution in [3.63, 3.8) is 0 Å². The predicted molar refractivity (Wildman–Crippen MR) is 328 cm³/mol. The molecule has 0 saturated carbocycles. The predicted octanol–water partition coefficient (Wildman–Crippen LogP) is 20.5. The third-order valence-electron chi connectivity index (χ3n) is 15.1. The summed E-state index contributed by atoms with van der Waals surface area (Å²) in [6.45, 7) is 4.86. The van der Waals surface area contributed by atoms with E-state index in [1.54, 1.807) is 6.08 Å². The standard InChI is InChI=1S/C66H129N2O6P/c1-6-8-10-12-14-16-18-20-22-24-26-28-30-32-33-34-35-36-38-40-42-44-46-48-50-52-54-56-58-60-66(70)67-64(63-74-75(71,72)73-62-61-68(3,4)5)65(69)59-57-55-53-51-49-47-45-43-41-39-37-31-29-27-25-23-21-19-17-15-13-11-9-7-2/h18,20,24,26,57,59,64-65,69H,6-17,19,21-23,25,27-56,58,60-63H2,1-5H3,(H-,67,70,71,72)/p+1/b20-18-,26-24-,59-57+. The van der Waals surface area contributed by atoms with E-state index < -0.39 is 20.0 Å². The van der Waals surface area contributed by atoms with E-state index >= 15 is 0 Å². The number of aliphatic hydroxyl groups excluding tert-OH is 1. The molecule has 444 valence electrons. The van der Waals surface area contributed by atoms with Crippen LogP contribution in [0.25, 0.3) is 0 Å². The minimum atomic E-state index is -4.35. The Hall–Kier alpha value is -1.28. The molecule has 3 unspecified atom stereocenters. The minimum absolute atomic E-state index is 0.0632. The Morgan fingerprint density at radius 1 is 0.453 bits per heavy atom. The van der Waals surface area contributed by atoms with E-state index in [0.717, 1.165) is 38.5 Å². The number of nitrogens with zero attached hydrogens (tertiary/aromatic N) is 1. The molecule has 0 saturated heterocycles. The van der Waals surface area contributed by atoms with Gasteiger partial charge in [-0.2, -0.15) is 0 Å². The van der Waals surface area contributed by atoms with Gasteiger partial charge >= 0.3 is 7.82 Å². The van der Waals surface area contributed by atoms with Crippen LogP contribution in [0.4, 0.5) is 0 Å². The lowest BCUT2D eigenvalue weighted by molar-refractivity contribution is -0.870. The summed E-state index contributed by atoms with van der Waals surface area (Å²) in [7, 11) is 1.59. The lowest BCUT2D eigenvalue weighted by Gasteiger charge is -2.25. The zero-order valence-electron chi connectivity index (χ0n) is 50.8. The number of unbranched alkanes of at least 4 members (excludes halogenated alkanes) is 44. The number of aliphatic hydroxyl groups is 1. The van der Waals surface area contributed by atoms with Crippen molar-refractivity contribution >= 4 is 13.7 Å². The number of quaternary nitrogens is 1. The van der Waals surface area contributed by atoms with Crippen molar-refractivity contribution in [2.24, 2.45) is 0 Å². The molecule has 75 heavy (non-hydrogen) atoms. The molecule has 0 aliphatic carbocycles. The number of hydrogen-bond acceptors (Lipinski definition) is 5. The summed E-state index contributed by atoms with van der Waals surface area (Å²) in [6.07, 6.45) is 75.5. The number of amides is 1. The van der Waals surface area contributed by atoms with Gasteiger partial charge in [0, 0.05) is 6.42 Å². The van der Waals surface area contributed by atoms with E-state index in [-0.39, 0.29) is 19.1 Å². The Morgan fingerprint density at radius 3 is 1.09 bits per heavy atom. The highest BCUT2D eigenvalue weighted by atomic mass is 31.2. The maximum atomic E-state index is 13.0. The molecule has 0 rings (SSSR count). The fourth-order valence-corrected chi connectivity index (χ4v) is 10.7. The molecular formula is C66H130N2O6P+. The van der Waals surface area contributed by atoms with Crippen molar-refractivity contribution in [2.75, 3.05) is 40.9 Å². The maximum absolute atomic E-state index is 13.0. The molecule has 0 aromatic carbocycles. The maximum Gasteiger partial charge on any atom is 0.472 e. The fourth-order valence-electron chi connectivity index (χ4n) is 9.96. The summed E-state index contributed by atoms with van der Waals surface area (Å²) >= 11 is 0. The van der Waals surface area contributed by atoms with Crippen LogP contribution in [0.2, 0.25) is 0 Å². The molecule has 0 aliphatic heterocycles. The summed E-state index contributed by atoms with van der Waals surface area (Å²) in [4.78, 5) is 23.4. The average molecular weight is 1080 g/mol. The van der Waals surface area contributed by atoms with Crippen LogP contribution in [0.15, 0.2) is 36.5 Å². The van der Waals surface area contributed by atoms with E-state index in [4.69, 9.17) is 9.05 Å². The average Bonchev–Trinajstić information content (AvgIpc) is 3.37. The van der Waals surface area contributed by atoms with Gasteiger partial charge in [-0.3, -0.25) is 13.8 Å². The van der Waals surface area contributed by atoms with Gasteiger partial charge in [0.15, 0.2) is 0 Å². The molecule has 8 nitrogen and oxygen atoms in total. The zero-order chi connectivity index (χ0) is 54.9. The van der Waals surface area contributed by atoms with Gasteiger partial charge in [-0.1, -0.05) is 307 Å². The topological polar surface area (TPSA) is 105 Å². The van der Waals surface area contributed by atoms with Gasteiger partial charge in [-0.25, -0.2) is 4.57 Å². The molecule has 0 fully saturated rings. The van der Waals surface area contributed by atoms with Crippen LogP contribution in [-0.2, 0) is 18.4 Å². The first-order chi connectivity index (χ1) is 36.5. The smallest absolute Gasteiger partial charge is 0.387 e. The largest absolute Gasteiger partial charge is 0.472 e. The number of nitrogens with one attached hydrogen (secondary N) is 1. The molecular weight excluding hydrogens is 948 g/mol. The number of allylic oxidation sites excluding steroid dienone is 5. The number of likely N-dealkylation sites (N-methyl/N-ethyl adjacent to an activating group) is 1. The molecule has 0 spiro atoms. The van der Waals surface area contributed by atoms with E-state index in [9.17, 15) is 19.4 Å². The van der Waals surface area contributed by atoms with Crippen LogP contribution in [0.1, 0.15) is 328 Å². The molecule has 0 heterocycles. The van der Waals surface area contributed by atoms with Gasteiger partial charge in [0.1, 0.15) is 13.2 Å². The molecule has 0 radical (unpaired) electrons. The van der Waals surface area contributed by atoms with Crippen LogP contribution in [-0.4, -0.2) is 73.4 Å². The number of hydrogen-bond donors (Lipinski definition) is 3. The van der Waals surface area contributed by atoms with Crippen LogP contribution in [0.5, 0.6) is 0 Å². The summed E-state index contributed by atoms with van der Waals surface area (Å²) in [5.74, 6) is -0.171. The minimum Gasteiger partial charge on any atom is -0.387 e. The summed E-state index contributed by atoms with van der Waals surface area (Å²) < 4.78 is 23.8. The van der Waals surface area contributed by atoms with Crippen molar-refractivity contribution < 1.29 is 32.9 Å². The van der Waals surface area contributed by atoms with Gasteiger partial charge in [-0.15, -0.1) is 0 Å². The normalized spacial score (nSPS) is 14.0. The molecule has 0 bridgehead atoms. The zero-order valence-corrected chi connectivity index (χ0v) is 51.7. The molecule has 9 heteroatoms. The summed E-state index contributed by atoms with van der Waals surface area (Å²) in [5.41, 5.74) is 0. The van der Waals surface area contributed by atoms with Crippen molar-refractivity contribution in [3.8, 4) is 0 Å². The lowest BCUT2D eigenvalue weighted by Crippen LogP contribution is -2.45. The number of rotatable bonds is 61. The van der Waals surface area contributed by atoms with Crippen LogP contribution in [0.3, 0.4) is 0 Å². The second kappa shape index (κ2) is 57.4. The Labute approximate surface area is 467 Å². The Morgan fingerprint density at radius 2 is 0.760 bits per heavy atom. The van der Waals surface area contributed by atoms with Crippen molar-refractivity contribution in [2.45, 2.75) is 341 Å². The highest BCUT2D eigenvalue weighted by Crippen LogP contribution is 2.43. The van der Waals surface area contributed by atoms with Gasteiger partial charge in [-0.05, 0) is 51.4 Å². The first kappa shape index (κ1) is 73.7. The van der Waals surface area contributed by atoms with Gasteiger partial charge in [0.2, 0.25) is 5.91 Å². The molecule has 1 amide bonds. The Balaban J connectivity index is 4.09. The third-order valence-corrected chi connectivity index (χ3v) is 16.1. The fraction of sp³-hybridized carbons (Fsp3) is 0.894. The van der Waals surface area contributed by atoms with Gasteiger partial charge in [0.25, 0.3) is 0 Å². The van der Waals surface area contributed by atoms with Crippen molar-refractivity contribution in [3.05, 3.63) is 36.5 Å². The number of carbonyl (C=O) groups excluding carboxylic acids is 1. The van der Waals surface area contributed by atoms with Crippen LogP contribution < -0.4 is 5.32 Å². The first-order valence-corrected chi connectivity index (χ1v) is 34.4. The summed E-state index contributed by atoms with van der Waals surface area (Å²) in [6, 6.07) is -0.846. The highest BCUT2D eigenvalue weighted by molar-refractivity contribution is 7.47. The Kier molecular flexibility index (Phi) is 56.4. The number of carbonyl (C=O) groups is 1. The SMILES string of the molecule is CCCCCCC/C=C\C/C=C\CCCCCCCCCCCCCCCCCCCC(=O)NC(COP(=O)(O)OCC[N+](C)(C)C)C(O)/C=C/CCCCCCCCCCCCCCCCCCCCCCCC. The van der Waals surface area contributed by atoms with E-state index in [1.807, 2.05) is 27.2 Å². The second-order valence-electron chi connectivity index (χ2n) is 23.8. The van der Waals surface area contributed by atoms with Crippen molar-refractivity contribution in [1.82, 2.24) is 5.32 Å². The molecule has 0 aliphatic rings. The molecule has 3 atom stereocenters. The highest BCUT2D eigenvalue weighted by Gasteiger charge is 2.28. The molecule has 3 N–H and O–H groups in total. The number of phosphoric acid groups is 1. The van der Waals surface area contributed by atoms with Crippen LogP contribution in [0, 0.1) is 0 Å². The Bertz CT molecular complexity index is 1320. The molecule has 0 aromatic heterocycles. The monoisotopic (exact) mass is 1080 g/mol. The van der Waals surface area contributed by atoms with Crippen molar-refractivity contribution in [1.29, 1.82) is 0 Å². The number of phosphoric ester groups is 1. The van der Waals surface area contributed by atoms with Crippen LogP contribution >= 0.6 is 7.82 Å². The van der Waals surface area contributed by atoms with E-state index in [2.05, 4.69) is 43.5 Å². The third kappa shape index (κ3) is 60.2. The molecule has 0 aromatic rings. The lowest BCUT2D eigenvalue weighted by atomic mass is 10.0. The first-order valence-electron chi connectivity index (χ1n) is 32.9. The summed E-state index contributed by atoms with van der Waals surface area (Å²) in [5, 5.41) is 14.0. The van der Waals surface area contributed by atoms with Gasteiger partial charge < -0.3 is 19.8 Å². The van der Waals surface area contributed by atoms with E-state index in [1.165, 1.54) is 270 Å². The quantitative estimate of drug-likeness (QED) is 0.0243. The van der Waals surface area contributed by atoms with E-state index in [0.29, 0.717) is 17.4 Å².